The Labute approximate surface area is 196 Å². The molecule has 0 aliphatic carbocycles. The topological polar surface area (TPSA) is 60.0 Å². The minimum Gasteiger partial charge on any atom is -0.492 e. The molecule has 2 heterocycles. The minimum atomic E-state index is -0.289. The Morgan fingerprint density at radius 2 is 1.73 bits per heavy atom. The number of morpholine rings is 1. The van der Waals surface area contributed by atoms with Crippen LogP contribution in [0.1, 0.15) is 23.5 Å². The maximum Gasteiger partial charge on any atom is 0.265 e. The van der Waals surface area contributed by atoms with Gasteiger partial charge >= 0.3 is 0 Å². The van der Waals surface area contributed by atoms with Gasteiger partial charge in [-0.05, 0) is 43.7 Å². The largest absolute Gasteiger partial charge is 0.492 e. The van der Waals surface area contributed by atoms with E-state index in [0.29, 0.717) is 48.5 Å². The Bertz CT molecular complexity index is 1090. The van der Waals surface area contributed by atoms with Gasteiger partial charge in [0.1, 0.15) is 17.3 Å². The first-order chi connectivity index (χ1) is 16.1. The Hall–Kier alpha value is -3.10. The smallest absolute Gasteiger partial charge is 0.265 e. The first kappa shape index (κ1) is 23.1. The molecule has 1 N–H and O–H groups in total. The van der Waals surface area contributed by atoms with Gasteiger partial charge in [0.05, 0.1) is 42.7 Å². The third-order valence-electron chi connectivity index (χ3n) is 5.22. The van der Waals surface area contributed by atoms with Gasteiger partial charge in [-0.15, -0.1) is 11.3 Å². The summed E-state index contributed by atoms with van der Waals surface area (Å²) in [6, 6.07) is 13.6. The van der Waals surface area contributed by atoms with E-state index in [1.807, 2.05) is 32.0 Å². The number of anilines is 2. The highest BCUT2D eigenvalue weighted by Gasteiger charge is 2.21. The SMILES string of the molecule is CCOc1cc(N2CCOCC2)c(OCC)cc1NC(=O)c1ccc(-c2ccc(F)cc2)s1. The summed E-state index contributed by atoms with van der Waals surface area (Å²) in [5.74, 6) is 0.751. The predicted molar refractivity (Wildman–Crippen MR) is 129 cm³/mol. The molecule has 0 saturated carbocycles. The van der Waals surface area contributed by atoms with Crippen molar-refractivity contribution >= 4 is 28.6 Å². The number of rotatable bonds is 8. The summed E-state index contributed by atoms with van der Waals surface area (Å²) >= 11 is 1.35. The summed E-state index contributed by atoms with van der Waals surface area (Å²) in [6.45, 7) is 7.64. The second-order valence-electron chi connectivity index (χ2n) is 7.41. The van der Waals surface area contributed by atoms with Crippen LogP contribution in [-0.4, -0.2) is 45.4 Å². The van der Waals surface area contributed by atoms with Crippen LogP contribution in [0.15, 0.2) is 48.5 Å². The Morgan fingerprint density at radius 3 is 2.42 bits per heavy atom. The molecule has 1 fully saturated rings. The summed E-state index contributed by atoms with van der Waals surface area (Å²) in [7, 11) is 0. The van der Waals surface area contributed by atoms with E-state index in [4.69, 9.17) is 14.2 Å². The van der Waals surface area contributed by atoms with Crippen LogP contribution in [0, 0.1) is 5.82 Å². The van der Waals surface area contributed by atoms with Crippen LogP contribution >= 0.6 is 11.3 Å². The second kappa shape index (κ2) is 10.7. The van der Waals surface area contributed by atoms with Crippen LogP contribution < -0.4 is 19.7 Å². The van der Waals surface area contributed by atoms with E-state index in [1.165, 1.54) is 23.5 Å². The summed E-state index contributed by atoms with van der Waals surface area (Å²) in [6.07, 6.45) is 0. The number of ether oxygens (including phenoxy) is 3. The van der Waals surface area contributed by atoms with Crippen LogP contribution in [-0.2, 0) is 4.74 Å². The molecule has 8 heteroatoms. The van der Waals surface area contributed by atoms with Gasteiger partial charge in [-0.2, -0.15) is 0 Å². The molecule has 1 aliphatic heterocycles. The molecule has 1 aromatic heterocycles. The van der Waals surface area contributed by atoms with Crippen molar-refractivity contribution in [2.45, 2.75) is 13.8 Å². The van der Waals surface area contributed by atoms with Crippen molar-refractivity contribution in [1.29, 1.82) is 0 Å². The Morgan fingerprint density at radius 1 is 1.03 bits per heavy atom. The molecule has 0 radical (unpaired) electrons. The first-order valence-corrected chi connectivity index (χ1v) is 11.8. The van der Waals surface area contributed by atoms with Crippen LogP contribution in [0.25, 0.3) is 10.4 Å². The highest BCUT2D eigenvalue weighted by atomic mass is 32.1. The molecule has 33 heavy (non-hydrogen) atoms. The van der Waals surface area contributed by atoms with Crippen LogP contribution in [0.3, 0.4) is 0 Å². The van der Waals surface area contributed by atoms with Gasteiger partial charge in [-0.25, -0.2) is 4.39 Å². The number of carbonyl (C=O) groups excluding carboxylic acids is 1. The van der Waals surface area contributed by atoms with Crippen molar-refractivity contribution in [1.82, 2.24) is 0 Å². The van der Waals surface area contributed by atoms with E-state index < -0.39 is 0 Å². The lowest BCUT2D eigenvalue weighted by atomic mass is 10.2. The van der Waals surface area contributed by atoms with E-state index in [0.717, 1.165) is 29.2 Å². The zero-order chi connectivity index (χ0) is 23.2. The summed E-state index contributed by atoms with van der Waals surface area (Å²) in [4.78, 5) is 16.7. The van der Waals surface area contributed by atoms with E-state index in [-0.39, 0.29) is 11.7 Å². The molecule has 0 unspecified atom stereocenters. The molecule has 0 atom stereocenters. The lowest BCUT2D eigenvalue weighted by molar-refractivity contribution is 0.103. The average Bonchev–Trinajstić information content (AvgIpc) is 3.32. The van der Waals surface area contributed by atoms with Crippen molar-refractivity contribution in [3.63, 3.8) is 0 Å². The molecule has 0 spiro atoms. The van der Waals surface area contributed by atoms with Crippen LogP contribution in [0.4, 0.5) is 15.8 Å². The zero-order valence-corrected chi connectivity index (χ0v) is 19.5. The predicted octanol–water partition coefficient (Wildman–Crippen LogP) is 5.44. The number of carbonyl (C=O) groups is 1. The number of hydrogen-bond acceptors (Lipinski definition) is 6. The molecular weight excluding hydrogens is 443 g/mol. The molecule has 6 nitrogen and oxygen atoms in total. The molecule has 3 aromatic rings. The van der Waals surface area contributed by atoms with E-state index in [2.05, 4.69) is 10.2 Å². The van der Waals surface area contributed by atoms with Gasteiger partial charge in [0.2, 0.25) is 0 Å². The molecule has 1 amide bonds. The fraction of sp³-hybridized carbons (Fsp3) is 0.320. The van der Waals surface area contributed by atoms with Crippen LogP contribution in [0.5, 0.6) is 11.5 Å². The number of benzene rings is 2. The number of hydrogen-bond donors (Lipinski definition) is 1. The number of nitrogens with one attached hydrogen (secondary N) is 1. The summed E-state index contributed by atoms with van der Waals surface area (Å²) < 4.78 is 30.5. The first-order valence-electron chi connectivity index (χ1n) is 11.0. The van der Waals surface area contributed by atoms with Crippen molar-refractivity contribution in [3.05, 3.63) is 59.2 Å². The molecule has 1 saturated heterocycles. The fourth-order valence-electron chi connectivity index (χ4n) is 3.66. The molecule has 2 aromatic carbocycles. The normalized spacial score (nSPS) is 13.6. The zero-order valence-electron chi connectivity index (χ0n) is 18.7. The van der Waals surface area contributed by atoms with Gasteiger partial charge in [-0.1, -0.05) is 12.1 Å². The molecule has 0 bridgehead atoms. The molecule has 174 valence electrons. The monoisotopic (exact) mass is 470 g/mol. The Kier molecular flexibility index (Phi) is 7.47. The van der Waals surface area contributed by atoms with Gasteiger partial charge in [-0.3, -0.25) is 4.79 Å². The van der Waals surface area contributed by atoms with Gasteiger partial charge in [0.15, 0.2) is 0 Å². The molecular formula is C25H27FN2O4S. The summed E-state index contributed by atoms with van der Waals surface area (Å²) in [5.41, 5.74) is 2.35. The molecule has 1 aliphatic rings. The number of amides is 1. The van der Waals surface area contributed by atoms with E-state index in [9.17, 15) is 9.18 Å². The standard InChI is InChI=1S/C25H27FN2O4S/c1-3-31-21-16-20(28-11-13-30-14-12-28)22(32-4-2)15-19(21)27-25(29)24-10-9-23(33-24)17-5-7-18(26)8-6-17/h5-10,15-16H,3-4,11-14H2,1-2H3,(H,27,29). The third-order valence-corrected chi connectivity index (χ3v) is 6.35. The quantitative estimate of drug-likeness (QED) is 0.475. The van der Waals surface area contributed by atoms with E-state index in [1.54, 1.807) is 18.2 Å². The number of thiophene rings is 1. The highest BCUT2D eigenvalue weighted by molar-refractivity contribution is 7.17. The second-order valence-corrected chi connectivity index (χ2v) is 8.49. The van der Waals surface area contributed by atoms with Crippen molar-refractivity contribution < 1.29 is 23.4 Å². The van der Waals surface area contributed by atoms with E-state index >= 15 is 0 Å². The summed E-state index contributed by atoms with van der Waals surface area (Å²) in [5, 5.41) is 2.98. The maximum atomic E-state index is 13.2. The third kappa shape index (κ3) is 5.46. The Balaban J connectivity index is 1.60. The van der Waals surface area contributed by atoms with Gasteiger partial charge in [0, 0.05) is 30.1 Å². The van der Waals surface area contributed by atoms with Crippen molar-refractivity contribution in [2.24, 2.45) is 0 Å². The van der Waals surface area contributed by atoms with Gasteiger partial charge in [0.25, 0.3) is 5.91 Å². The lowest BCUT2D eigenvalue weighted by Crippen LogP contribution is -2.36. The lowest BCUT2D eigenvalue weighted by Gasteiger charge is -2.31. The van der Waals surface area contributed by atoms with Crippen LogP contribution in [0.2, 0.25) is 0 Å². The number of nitrogens with zero attached hydrogens (tertiary/aromatic N) is 1. The highest BCUT2D eigenvalue weighted by Crippen LogP contribution is 2.40. The fourth-order valence-corrected chi connectivity index (χ4v) is 4.56. The molecule has 4 rings (SSSR count). The minimum absolute atomic E-state index is 0.240. The van der Waals surface area contributed by atoms with Gasteiger partial charge < -0.3 is 24.4 Å². The van der Waals surface area contributed by atoms with Crippen molar-refractivity contribution in [2.75, 3.05) is 49.7 Å². The number of halogens is 1. The van der Waals surface area contributed by atoms with Crippen molar-refractivity contribution in [3.8, 4) is 21.9 Å². The maximum absolute atomic E-state index is 13.2. The average molecular weight is 471 g/mol.